The maximum atomic E-state index is 12.7. The molecule has 0 spiro atoms. The smallest absolute Gasteiger partial charge is 0.340 e. The number of methoxy groups -OCH3 is 1. The number of unbranched alkanes of at least 4 members (excludes halogenated alkanes) is 2. The van der Waals surface area contributed by atoms with Gasteiger partial charge in [0, 0.05) is 28.2 Å². The van der Waals surface area contributed by atoms with Crippen LogP contribution in [0.2, 0.25) is 0 Å². The summed E-state index contributed by atoms with van der Waals surface area (Å²) in [6.07, 6.45) is 7.49. The lowest BCUT2D eigenvalue weighted by atomic mass is 9.93. The summed E-state index contributed by atoms with van der Waals surface area (Å²) in [5, 5.41) is 0. The molecule has 1 aromatic heterocycles. The van der Waals surface area contributed by atoms with Crippen molar-refractivity contribution in [1.82, 2.24) is 4.57 Å². The second-order valence-corrected chi connectivity index (χ2v) is 8.05. The number of fused-ring (bicyclic) bond motifs is 1. The standard InChI is InChI=1S/C21H25BrClNO2/c1-26-21(25)19-17-10-3-4-11-18(17)24(13-6-2-5-12-23)20(19)15-8-7-9-16(22)14-15/h7-9,14H,2-6,10-13H2,1H3. The highest BCUT2D eigenvalue weighted by molar-refractivity contribution is 9.10. The van der Waals surface area contributed by atoms with Crippen LogP contribution in [0.4, 0.5) is 0 Å². The molecule has 0 saturated carbocycles. The number of alkyl halides is 1. The van der Waals surface area contributed by atoms with Gasteiger partial charge in [-0.2, -0.15) is 0 Å². The Bertz CT molecular complexity index is 785. The molecule has 0 bridgehead atoms. The van der Waals surface area contributed by atoms with Gasteiger partial charge >= 0.3 is 5.97 Å². The van der Waals surface area contributed by atoms with Crippen molar-refractivity contribution in [2.24, 2.45) is 0 Å². The second kappa shape index (κ2) is 9.09. The lowest BCUT2D eigenvalue weighted by molar-refractivity contribution is 0.0600. The molecule has 0 saturated heterocycles. The summed E-state index contributed by atoms with van der Waals surface area (Å²) < 4.78 is 8.55. The molecule has 0 radical (unpaired) electrons. The van der Waals surface area contributed by atoms with Crippen LogP contribution >= 0.6 is 27.5 Å². The molecule has 1 aliphatic rings. The third kappa shape index (κ3) is 4.01. The molecule has 0 fully saturated rings. The number of aromatic nitrogens is 1. The van der Waals surface area contributed by atoms with Crippen LogP contribution in [0, 0.1) is 0 Å². The number of hydrogen-bond acceptors (Lipinski definition) is 2. The Labute approximate surface area is 168 Å². The minimum atomic E-state index is -0.224. The Morgan fingerprint density at radius 2 is 2.04 bits per heavy atom. The van der Waals surface area contributed by atoms with Crippen molar-refractivity contribution in [3.8, 4) is 11.3 Å². The van der Waals surface area contributed by atoms with Crippen molar-refractivity contribution in [3.05, 3.63) is 45.6 Å². The van der Waals surface area contributed by atoms with E-state index in [9.17, 15) is 4.79 Å². The Balaban J connectivity index is 2.13. The van der Waals surface area contributed by atoms with E-state index in [0.29, 0.717) is 5.88 Å². The van der Waals surface area contributed by atoms with Crippen LogP contribution in [0.5, 0.6) is 0 Å². The normalized spacial score (nSPS) is 13.5. The van der Waals surface area contributed by atoms with E-state index in [4.69, 9.17) is 16.3 Å². The van der Waals surface area contributed by atoms with E-state index in [-0.39, 0.29) is 5.97 Å². The third-order valence-electron chi connectivity index (χ3n) is 5.08. The predicted molar refractivity (Wildman–Crippen MR) is 110 cm³/mol. The fourth-order valence-corrected chi connectivity index (χ4v) is 4.50. The van der Waals surface area contributed by atoms with Gasteiger partial charge in [0.25, 0.3) is 0 Å². The maximum absolute atomic E-state index is 12.7. The van der Waals surface area contributed by atoms with Crippen LogP contribution < -0.4 is 0 Å². The molecule has 1 aromatic carbocycles. The predicted octanol–water partition coefficient (Wildman–Crippen LogP) is 5.99. The van der Waals surface area contributed by atoms with Crippen molar-refractivity contribution in [2.45, 2.75) is 51.5 Å². The quantitative estimate of drug-likeness (QED) is 0.302. The monoisotopic (exact) mass is 437 g/mol. The minimum absolute atomic E-state index is 0.224. The number of nitrogens with zero attached hydrogens (tertiary/aromatic N) is 1. The highest BCUT2D eigenvalue weighted by atomic mass is 79.9. The zero-order chi connectivity index (χ0) is 18.5. The summed E-state index contributed by atoms with van der Waals surface area (Å²) in [5.74, 6) is 0.480. The summed E-state index contributed by atoms with van der Waals surface area (Å²) >= 11 is 9.40. The highest BCUT2D eigenvalue weighted by Crippen LogP contribution is 2.37. The number of rotatable bonds is 7. The number of ether oxygens (including phenoxy) is 1. The van der Waals surface area contributed by atoms with E-state index in [0.717, 1.165) is 66.4 Å². The second-order valence-electron chi connectivity index (χ2n) is 6.76. The van der Waals surface area contributed by atoms with Gasteiger partial charge in [-0.05, 0) is 56.2 Å². The Hall–Kier alpha value is -1.26. The molecule has 0 amide bonds. The molecule has 26 heavy (non-hydrogen) atoms. The zero-order valence-corrected chi connectivity index (χ0v) is 17.5. The fourth-order valence-electron chi connectivity index (χ4n) is 3.92. The van der Waals surface area contributed by atoms with E-state index in [1.54, 1.807) is 0 Å². The number of esters is 1. The fraction of sp³-hybridized carbons (Fsp3) is 0.476. The summed E-state index contributed by atoms with van der Waals surface area (Å²) in [6.45, 7) is 0.915. The summed E-state index contributed by atoms with van der Waals surface area (Å²) in [5.41, 5.74) is 5.34. The van der Waals surface area contributed by atoms with Gasteiger partial charge in [0.05, 0.1) is 18.4 Å². The highest BCUT2D eigenvalue weighted by Gasteiger charge is 2.29. The van der Waals surface area contributed by atoms with Gasteiger partial charge in [-0.3, -0.25) is 0 Å². The van der Waals surface area contributed by atoms with E-state index in [1.807, 2.05) is 12.1 Å². The Kier molecular flexibility index (Phi) is 6.82. The molecule has 1 aliphatic carbocycles. The van der Waals surface area contributed by atoms with Gasteiger partial charge in [-0.15, -0.1) is 11.6 Å². The van der Waals surface area contributed by atoms with E-state index in [2.05, 4.69) is 32.6 Å². The molecule has 140 valence electrons. The topological polar surface area (TPSA) is 31.2 Å². The van der Waals surface area contributed by atoms with Gasteiger partial charge in [0.2, 0.25) is 0 Å². The molecule has 0 unspecified atom stereocenters. The van der Waals surface area contributed by atoms with Crippen LogP contribution in [-0.2, 0) is 24.1 Å². The first-order chi connectivity index (χ1) is 12.7. The zero-order valence-electron chi connectivity index (χ0n) is 15.2. The van der Waals surface area contributed by atoms with Crippen molar-refractivity contribution in [1.29, 1.82) is 0 Å². The number of halogens is 2. The van der Waals surface area contributed by atoms with Crippen LogP contribution in [0.25, 0.3) is 11.3 Å². The van der Waals surface area contributed by atoms with Crippen LogP contribution in [0.15, 0.2) is 28.7 Å². The van der Waals surface area contributed by atoms with E-state index < -0.39 is 0 Å². The van der Waals surface area contributed by atoms with E-state index in [1.165, 1.54) is 24.8 Å². The molecule has 3 rings (SSSR count). The molecule has 3 nitrogen and oxygen atoms in total. The summed E-state index contributed by atoms with van der Waals surface area (Å²) in [7, 11) is 1.47. The number of hydrogen-bond donors (Lipinski definition) is 0. The van der Waals surface area contributed by atoms with Gasteiger partial charge in [0.15, 0.2) is 0 Å². The average molecular weight is 439 g/mol. The molecular weight excluding hydrogens is 414 g/mol. The Morgan fingerprint density at radius 1 is 1.23 bits per heavy atom. The first-order valence-corrected chi connectivity index (χ1v) is 10.6. The maximum Gasteiger partial charge on any atom is 0.340 e. The molecule has 0 aliphatic heterocycles. The van der Waals surface area contributed by atoms with Gasteiger partial charge in [0.1, 0.15) is 0 Å². The molecule has 0 N–H and O–H groups in total. The van der Waals surface area contributed by atoms with Crippen molar-refractivity contribution >= 4 is 33.5 Å². The van der Waals surface area contributed by atoms with Crippen molar-refractivity contribution in [2.75, 3.05) is 13.0 Å². The average Bonchev–Trinajstić information content (AvgIpc) is 2.99. The molecule has 5 heteroatoms. The van der Waals surface area contributed by atoms with E-state index >= 15 is 0 Å². The number of carbonyl (C=O) groups excluding carboxylic acids is 1. The number of benzene rings is 1. The van der Waals surface area contributed by atoms with Gasteiger partial charge in [-0.1, -0.05) is 34.5 Å². The number of carbonyl (C=O) groups is 1. The lowest BCUT2D eigenvalue weighted by Crippen LogP contribution is -2.10. The Morgan fingerprint density at radius 3 is 2.77 bits per heavy atom. The van der Waals surface area contributed by atoms with Gasteiger partial charge < -0.3 is 9.30 Å². The first kappa shape index (κ1) is 19.5. The lowest BCUT2D eigenvalue weighted by Gasteiger charge is -2.17. The minimum Gasteiger partial charge on any atom is -0.465 e. The van der Waals surface area contributed by atoms with Crippen molar-refractivity contribution < 1.29 is 9.53 Å². The molecular formula is C21H25BrClNO2. The van der Waals surface area contributed by atoms with Crippen LogP contribution in [0.1, 0.15) is 53.7 Å². The van der Waals surface area contributed by atoms with Gasteiger partial charge in [-0.25, -0.2) is 4.79 Å². The summed E-state index contributed by atoms with van der Waals surface area (Å²) in [4.78, 5) is 12.7. The molecule has 0 atom stereocenters. The molecule has 2 aromatic rings. The SMILES string of the molecule is COC(=O)c1c2c(n(CCCCCCl)c1-c1cccc(Br)c1)CCCC2. The largest absolute Gasteiger partial charge is 0.465 e. The van der Waals surface area contributed by atoms with Crippen molar-refractivity contribution in [3.63, 3.8) is 0 Å². The molecule has 1 heterocycles. The van der Waals surface area contributed by atoms with Crippen LogP contribution in [0.3, 0.4) is 0 Å². The first-order valence-electron chi connectivity index (χ1n) is 9.31. The third-order valence-corrected chi connectivity index (χ3v) is 5.84. The van der Waals surface area contributed by atoms with Crippen LogP contribution in [-0.4, -0.2) is 23.5 Å². The summed E-state index contributed by atoms with van der Waals surface area (Å²) in [6, 6.07) is 8.19.